The van der Waals surface area contributed by atoms with Crippen molar-refractivity contribution < 1.29 is 9.59 Å². The minimum Gasteiger partial charge on any atom is -0.304 e. The van der Waals surface area contributed by atoms with Gasteiger partial charge in [0.05, 0.1) is 24.4 Å². The van der Waals surface area contributed by atoms with Gasteiger partial charge in [-0.05, 0) is 102 Å². The summed E-state index contributed by atoms with van der Waals surface area (Å²) in [7, 11) is 8.00. The highest BCUT2D eigenvalue weighted by Crippen LogP contribution is 2.22. The van der Waals surface area contributed by atoms with Crippen molar-refractivity contribution in [2.24, 2.45) is 0 Å². The first-order chi connectivity index (χ1) is 27.1. The molecule has 4 radical (unpaired) electrons. The van der Waals surface area contributed by atoms with Crippen LogP contribution in [0.3, 0.4) is 0 Å². The van der Waals surface area contributed by atoms with Crippen molar-refractivity contribution in [1.82, 2.24) is 24.5 Å². The van der Waals surface area contributed by atoms with Crippen LogP contribution in [0.1, 0.15) is 111 Å². The first kappa shape index (κ1) is 44.3. The summed E-state index contributed by atoms with van der Waals surface area (Å²) >= 11 is 0. The maximum Gasteiger partial charge on any atom is 0.329 e. The molecule has 15 heteroatoms. The first-order valence-corrected chi connectivity index (χ1v) is 17.6. The quantitative estimate of drug-likeness (QED) is 0.102. The lowest BCUT2D eigenvalue weighted by Crippen LogP contribution is -2.38. The zero-order valence-corrected chi connectivity index (χ0v) is 32.3. The van der Waals surface area contributed by atoms with E-state index < -0.39 is 34.1 Å². The van der Waals surface area contributed by atoms with E-state index in [2.05, 4.69) is 35.4 Å². The standard InChI is InChI=1S/C24H22N4O3.C18H17N3O3.B2/c1-15(2)20-21(22(29)19-12-16(3)11-18(13-19)5-4-8-25)28(24(31)27-23(20)30)14-17-6-9-26-10-7-17;1-10(2)14-15(20-18(24)21-17(14)23)16(22)13-8-11(3)7-12(9-13)5-4-6-19;1-2/h4-7,9-13,15H,14H2,1-3H3,(H,27,30,31);4-5,7-10H,1-3H3,(H2,20,21,23,24);/b2*5-4+;. The van der Waals surface area contributed by atoms with Crippen molar-refractivity contribution in [2.75, 3.05) is 0 Å². The number of allylic oxidation sites excluding steroid dienone is 2. The van der Waals surface area contributed by atoms with E-state index in [0.717, 1.165) is 16.7 Å². The number of H-pyrrole nitrogens is 3. The number of rotatable bonds is 10. The number of ketones is 2. The predicted molar refractivity (Wildman–Crippen MR) is 221 cm³/mol. The third-order valence-corrected chi connectivity index (χ3v) is 8.33. The largest absolute Gasteiger partial charge is 0.329 e. The third-order valence-electron chi connectivity index (χ3n) is 8.33. The van der Waals surface area contributed by atoms with Crippen LogP contribution < -0.4 is 22.5 Å². The molecule has 13 nitrogen and oxygen atoms in total. The van der Waals surface area contributed by atoms with Crippen LogP contribution in [0, 0.1) is 36.5 Å². The molecule has 5 rings (SSSR count). The molecule has 0 fully saturated rings. The number of nitriles is 2. The molecule has 284 valence electrons. The number of benzene rings is 2. The molecular weight excluding hydrogens is 720 g/mol. The van der Waals surface area contributed by atoms with Crippen molar-refractivity contribution in [3.63, 3.8) is 0 Å². The highest BCUT2D eigenvalue weighted by Gasteiger charge is 2.25. The van der Waals surface area contributed by atoms with Crippen LogP contribution in [0.15, 0.2) is 92.3 Å². The maximum atomic E-state index is 13.7. The molecule has 0 aliphatic carbocycles. The van der Waals surface area contributed by atoms with E-state index in [1.54, 1.807) is 88.6 Å². The number of hydrogen-bond donors (Lipinski definition) is 3. The number of aryl methyl sites for hydroxylation is 2. The second-order valence-corrected chi connectivity index (χ2v) is 13.3. The van der Waals surface area contributed by atoms with Crippen LogP contribution in [-0.2, 0) is 6.54 Å². The van der Waals surface area contributed by atoms with Gasteiger partial charge < -0.3 is 4.98 Å². The minimum absolute atomic E-state index is 0.000405. The summed E-state index contributed by atoms with van der Waals surface area (Å²) in [6.07, 6.45) is 9.05. The molecule has 0 unspecified atom stereocenters. The Morgan fingerprint density at radius 3 is 1.72 bits per heavy atom. The van der Waals surface area contributed by atoms with E-state index >= 15 is 0 Å². The normalized spacial score (nSPS) is 10.7. The molecular formula is C42H39B2N7O6. The van der Waals surface area contributed by atoms with Gasteiger partial charge in [-0.2, -0.15) is 10.5 Å². The monoisotopic (exact) mass is 759 g/mol. The Kier molecular flexibility index (Phi) is 15.9. The SMILES string of the molecule is Cc1cc(/C=C/C#N)cc(C(=O)c2[nH]c(=O)[nH]c(=O)c2C(C)C)c1.Cc1cc(/C=C/C#N)cc(C(=O)c2c(C(C)C)c(=O)[nH]c(=O)n2Cc2ccncc2)c1.[B][B]. The number of aromatic amines is 3. The average molecular weight is 759 g/mol. The minimum atomic E-state index is -0.718. The number of nitrogens with zero attached hydrogens (tertiary/aromatic N) is 4. The number of carbonyl (C=O) groups is 2. The summed E-state index contributed by atoms with van der Waals surface area (Å²) in [4.78, 5) is 86.4. The van der Waals surface area contributed by atoms with E-state index in [1.165, 1.54) is 16.7 Å². The second kappa shape index (κ2) is 20.5. The fraction of sp³-hybridized carbons (Fsp3) is 0.214. The van der Waals surface area contributed by atoms with Gasteiger partial charge in [0, 0.05) is 62.3 Å². The fourth-order valence-electron chi connectivity index (χ4n) is 6.04. The Bertz CT molecular complexity index is 2660. The third kappa shape index (κ3) is 11.4. The van der Waals surface area contributed by atoms with Gasteiger partial charge in [-0.3, -0.25) is 38.7 Å². The molecule has 0 aliphatic rings. The lowest BCUT2D eigenvalue weighted by molar-refractivity contribution is 0.102. The second-order valence-electron chi connectivity index (χ2n) is 13.3. The Hall–Kier alpha value is -7.12. The summed E-state index contributed by atoms with van der Waals surface area (Å²) in [5.74, 6) is -1.37. The molecule has 0 saturated heterocycles. The summed E-state index contributed by atoms with van der Waals surface area (Å²) in [5, 5.41) is 17.4. The van der Waals surface area contributed by atoms with Gasteiger partial charge in [0.25, 0.3) is 11.1 Å². The molecule has 0 atom stereocenters. The predicted octanol–water partition coefficient (Wildman–Crippen LogP) is 4.68. The number of pyridine rings is 1. The van der Waals surface area contributed by atoms with Crippen LogP contribution >= 0.6 is 0 Å². The average Bonchev–Trinajstić information content (AvgIpc) is 3.17. The Morgan fingerprint density at radius 2 is 1.23 bits per heavy atom. The molecule has 57 heavy (non-hydrogen) atoms. The molecule has 3 N–H and O–H groups in total. The first-order valence-electron chi connectivity index (χ1n) is 17.6. The summed E-state index contributed by atoms with van der Waals surface area (Å²) < 4.78 is 1.31. The fourth-order valence-corrected chi connectivity index (χ4v) is 6.04. The van der Waals surface area contributed by atoms with Gasteiger partial charge in [0.15, 0.2) is 0 Å². The number of nitrogens with one attached hydrogen (secondary N) is 3. The van der Waals surface area contributed by atoms with Gasteiger partial charge in [-0.15, -0.1) is 0 Å². The van der Waals surface area contributed by atoms with Crippen molar-refractivity contribution in [3.05, 3.63) is 176 Å². The van der Waals surface area contributed by atoms with E-state index in [0.29, 0.717) is 22.3 Å². The maximum absolute atomic E-state index is 13.7. The topological polar surface area (TPSA) is 215 Å². The molecule has 0 aliphatic heterocycles. The smallest absolute Gasteiger partial charge is 0.304 e. The Morgan fingerprint density at radius 1 is 0.737 bits per heavy atom. The number of hydrogen-bond acceptors (Lipinski definition) is 9. The van der Waals surface area contributed by atoms with Gasteiger partial charge in [0.2, 0.25) is 11.6 Å². The molecule has 3 aromatic heterocycles. The van der Waals surface area contributed by atoms with E-state index in [4.69, 9.17) is 10.5 Å². The molecule has 5 aromatic rings. The molecule has 0 saturated carbocycles. The Balaban J connectivity index is 0.000000302. The van der Waals surface area contributed by atoms with E-state index in [9.17, 15) is 28.8 Å². The van der Waals surface area contributed by atoms with Crippen LogP contribution in [0.4, 0.5) is 0 Å². The Labute approximate surface area is 331 Å². The zero-order valence-electron chi connectivity index (χ0n) is 32.3. The van der Waals surface area contributed by atoms with Crippen molar-refractivity contribution in [2.45, 2.75) is 59.9 Å². The van der Waals surface area contributed by atoms with Crippen LogP contribution in [0.5, 0.6) is 0 Å². The van der Waals surface area contributed by atoms with Crippen molar-refractivity contribution >= 4 is 39.2 Å². The van der Waals surface area contributed by atoms with Crippen LogP contribution in [-0.4, -0.2) is 51.5 Å². The molecule has 2 aromatic carbocycles. The van der Waals surface area contributed by atoms with Gasteiger partial charge in [-0.1, -0.05) is 39.8 Å². The van der Waals surface area contributed by atoms with Crippen LogP contribution in [0.2, 0.25) is 0 Å². The highest BCUT2D eigenvalue weighted by atomic mass is 16.2. The van der Waals surface area contributed by atoms with E-state index in [1.807, 2.05) is 38.1 Å². The number of aromatic nitrogens is 5. The summed E-state index contributed by atoms with van der Waals surface area (Å²) in [6.45, 7) is 10.9. The highest BCUT2D eigenvalue weighted by molar-refractivity contribution is 6.75. The van der Waals surface area contributed by atoms with Gasteiger partial charge in [-0.25, -0.2) is 9.59 Å². The number of carbonyl (C=O) groups excluding carboxylic acids is 2. The lowest BCUT2D eigenvalue weighted by Gasteiger charge is -2.18. The van der Waals surface area contributed by atoms with E-state index in [-0.39, 0.29) is 40.9 Å². The molecule has 0 amide bonds. The lowest BCUT2D eigenvalue weighted by atomic mass is 9.81. The molecule has 3 heterocycles. The van der Waals surface area contributed by atoms with Crippen molar-refractivity contribution in [1.29, 1.82) is 10.5 Å². The van der Waals surface area contributed by atoms with Gasteiger partial charge >= 0.3 is 11.4 Å². The van der Waals surface area contributed by atoms with Crippen LogP contribution in [0.25, 0.3) is 12.2 Å². The zero-order chi connectivity index (χ0) is 42.4. The summed E-state index contributed by atoms with van der Waals surface area (Å²) in [5.41, 5.74) is 2.57. The molecule has 0 bridgehead atoms. The summed E-state index contributed by atoms with van der Waals surface area (Å²) in [6, 6.07) is 17.6. The van der Waals surface area contributed by atoms with Crippen molar-refractivity contribution in [3.8, 4) is 12.1 Å². The van der Waals surface area contributed by atoms with Gasteiger partial charge in [0.1, 0.15) is 5.69 Å². The molecule has 0 spiro atoms.